The van der Waals surface area contributed by atoms with Crippen molar-refractivity contribution in [2.45, 2.75) is 26.8 Å². The molecule has 5 nitrogen and oxygen atoms in total. The predicted molar refractivity (Wildman–Crippen MR) is 89.0 cm³/mol. The van der Waals surface area contributed by atoms with E-state index in [0.29, 0.717) is 12.6 Å². The minimum atomic E-state index is 0. The van der Waals surface area contributed by atoms with Crippen molar-refractivity contribution in [2.75, 3.05) is 46.9 Å². The number of guanidine groups is 1. The summed E-state index contributed by atoms with van der Waals surface area (Å²) in [7, 11) is 3.48. The molecule has 0 amide bonds. The van der Waals surface area contributed by atoms with E-state index in [2.05, 4.69) is 41.3 Å². The fourth-order valence-electron chi connectivity index (χ4n) is 1.71. The first kappa shape index (κ1) is 20.2. The predicted octanol–water partition coefficient (Wildman–Crippen LogP) is 1.15. The van der Waals surface area contributed by atoms with Crippen LogP contribution in [0.3, 0.4) is 0 Å². The molecule has 110 valence electrons. The standard InChI is InChI=1S/C12H28N4O.HI/c1-6-16(7-2)11(3)10-15-12(13-4)14-8-9-17-5;/h11H,6-10H2,1-5H3,(H2,13,14,15);1H. The fraction of sp³-hybridized carbons (Fsp3) is 0.917. The smallest absolute Gasteiger partial charge is 0.191 e. The Morgan fingerprint density at radius 1 is 1.28 bits per heavy atom. The number of likely N-dealkylation sites (N-methyl/N-ethyl adjacent to an activating group) is 1. The van der Waals surface area contributed by atoms with Gasteiger partial charge < -0.3 is 15.4 Å². The highest BCUT2D eigenvalue weighted by Gasteiger charge is 2.09. The minimum absolute atomic E-state index is 0. The lowest BCUT2D eigenvalue weighted by atomic mass is 10.3. The number of aliphatic imine (C=N–C) groups is 1. The highest BCUT2D eigenvalue weighted by atomic mass is 127. The topological polar surface area (TPSA) is 48.9 Å². The van der Waals surface area contributed by atoms with E-state index in [1.54, 1.807) is 14.2 Å². The third-order valence-corrected chi connectivity index (χ3v) is 2.82. The van der Waals surface area contributed by atoms with E-state index < -0.39 is 0 Å². The number of methoxy groups -OCH3 is 1. The molecule has 1 atom stereocenters. The molecule has 0 bridgehead atoms. The van der Waals surface area contributed by atoms with Crippen molar-refractivity contribution in [2.24, 2.45) is 4.99 Å². The van der Waals surface area contributed by atoms with Gasteiger partial charge in [0.15, 0.2) is 5.96 Å². The van der Waals surface area contributed by atoms with Crippen LogP contribution in [0.2, 0.25) is 0 Å². The molecule has 0 aromatic heterocycles. The van der Waals surface area contributed by atoms with Gasteiger partial charge in [-0.25, -0.2) is 0 Å². The molecule has 0 aromatic rings. The quantitative estimate of drug-likeness (QED) is 0.291. The van der Waals surface area contributed by atoms with Crippen molar-refractivity contribution in [1.29, 1.82) is 0 Å². The third-order valence-electron chi connectivity index (χ3n) is 2.82. The average molecular weight is 372 g/mol. The number of halogens is 1. The summed E-state index contributed by atoms with van der Waals surface area (Å²) in [6, 6.07) is 0.506. The van der Waals surface area contributed by atoms with E-state index in [0.717, 1.165) is 32.1 Å². The maximum atomic E-state index is 4.98. The molecule has 0 saturated carbocycles. The molecule has 0 spiro atoms. The van der Waals surface area contributed by atoms with Crippen LogP contribution in [-0.2, 0) is 4.74 Å². The second-order valence-electron chi connectivity index (χ2n) is 3.94. The molecular formula is C12H29IN4O. The summed E-state index contributed by atoms with van der Waals surface area (Å²) in [6.07, 6.45) is 0. The van der Waals surface area contributed by atoms with Crippen molar-refractivity contribution >= 4 is 29.9 Å². The summed E-state index contributed by atoms with van der Waals surface area (Å²) in [4.78, 5) is 6.58. The lowest BCUT2D eigenvalue weighted by Gasteiger charge is -2.27. The Bertz CT molecular complexity index is 210. The van der Waals surface area contributed by atoms with Gasteiger partial charge in [0.2, 0.25) is 0 Å². The van der Waals surface area contributed by atoms with Crippen LogP contribution >= 0.6 is 24.0 Å². The Morgan fingerprint density at radius 3 is 2.33 bits per heavy atom. The molecule has 2 N–H and O–H groups in total. The second-order valence-corrected chi connectivity index (χ2v) is 3.94. The molecule has 0 aromatic carbocycles. The van der Waals surface area contributed by atoms with Crippen LogP contribution < -0.4 is 10.6 Å². The SMILES string of the molecule is CCN(CC)C(C)CNC(=NC)NCCOC.I. The summed E-state index contributed by atoms with van der Waals surface area (Å²) >= 11 is 0. The number of nitrogens with one attached hydrogen (secondary N) is 2. The van der Waals surface area contributed by atoms with Crippen LogP contribution in [0.5, 0.6) is 0 Å². The molecule has 0 heterocycles. The van der Waals surface area contributed by atoms with Crippen molar-refractivity contribution < 1.29 is 4.74 Å². The minimum Gasteiger partial charge on any atom is -0.383 e. The Hall–Kier alpha value is -0.0800. The molecule has 6 heteroatoms. The summed E-state index contributed by atoms with van der Waals surface area (Å²) in [5.74, 6) is 0.834. The van der Waals surface area contributed by atoms with Crippen LogP contribution in [0, 0.1) is 0 Å². The van der Waals surface area contributed by atoms with Crippen LogP contribution in [-0.4, -0.2) is 63.8 Å². The van der Waals surface area contributed by atoms with Gasteiger partial charge in [-0.15, -0.1) is 24.0 Å². The zero-order chi connectivity index (χ0) is 13.1. The van der Waals surface area contributed by atoms with Gasteiger partial charge in [-0.2, -0.15) is 0 Å². The van der Waals surface area contributed by atoms with Crippen LogP contribution in [0.4, 0.5) is 0 Å². The van der Waals surface area contributed by atoms with Crippen molar-refractivity contribution in [1.82, 2.24) is 15.5 Å². The molecule has 0 aliphatic heterocycles. The van der Waals surface area contributed by atoms with Gasteiger partial charge in [0.05, 0.1) is 6.61 Å². The van der Waals surface area contributed by atoms with Gasteiger partial charge >= 0.3 is 0 Å². The second kappa shape index (κ2) is 13.4. The Labute approximate surface area is 129 Å². The van der Waals surface area contributed by atoms with E-state index in [-0.39, 0.29) is 24.0 Å². The molecule has 0 radical (unpaired) electrons. The summed E-state index contributed by atoms with van der Waals surface area (Å²) in [6.45, 7) is 11.1. The van der Waals surface area contributed by atoms with Gasteiger partial charge in [0.1, 0.15) is 0 Å². The molecule has 0 aliphatic carbocycles. The van der Waals surface area contributed by atoms with E-state index in [1.165, 1.54) is 0 Å². The van der Waals surface area contributed by atoms with Crippen molar-refractivity contribution in [3.63, 3.8) is 0 Å². The van der Waals surface area contributed by atoms with E-state index in [4.69, 9.17) is 4.74 Å². The zero-order valence-corrected chi connectivity index (χ0v) is 14.7. The zero-order valence-electron chi connectivity index (χ0n) is 12.3. The third kappa shape index (κ3) is 8.93. The van der Waals surface area contributed by atoms with Crippen LogP contribution in [0.15, 0.2) is 4.99 Å². The molecular weight excluding hydrogens is 343 g/mol. The van der Waals surface area contributed by atoms with Gasteiger partial charge in [-0.1, -0.05) is 13.8 Å². The van der Waals surface area contributed by atoms with Crippen LogP contribution in [0.1, 0.15) is 20.8 Å². The van der Waals surface area contributed by atoms with E-state index >= 15 is 0 Å². The molecule has 0 rings (SSSR count). The first-order chi connectivity index (χ1) is 8.19. The normalized spacial score (nSPS) is 13.1. The fourth-order valence-corrected chi connectivity index (χ4v) is 1.71. The summed E-state index contributed by atoms with van der Waals surface area (Å²) in [5, 5.41) is 6.51. The van der Waals surface area contributed by atoms with Crippen molar-refractivity contribution in [3.05, 3.63) is 0 Å². The van der Waals surface area contributed by atoms with Crippen molar-refractivity contribution in [3.8, 4) is 0 Å². The first-order valence-electron chi connectivity index (χ1n) is 6.37. The number of nitrogens with zero attached hydrogens (tertiary/aromatic N) is 2. The van der Waals surface area contributed by atoms with Gasteiger partial charge in [-0.3, -0.25) is 9.89 Å². The molecule has 18 heavy (non-hydrogen) atoms. The summed E-state index contributed by atoms with van der Waals surface area (Å²) in [5.41, 5.74) is 0. The van der Waals surface area contributed by atoms with Gasteiger partial charge in [0, 0.05) is 33.3 Å². The largest absolute Gasteiger partial charge is 0.383 e. The lowest BCUT2D eigenvalue weighted by molar-refractivity contribution is 0.203. The molecule has 0 fully saturated rings. The van der Waals surface area contributed by atoms with Crippen LogP contribution in [0.25, 0.3) is 0 Å². The summed E-state index contributed by atoms with van der Waals surface area (Å²) < 4.78 is 4.98. The average Bonchev–Trinajstić information content (AvgIpc) is 2.35. The monoisotopic (exact) mass is 372 g/mol. The number of hydrogen-bond donors (Lipinski definition) is 2. The molecule has 0 aliphatic rings. The number of rotatable bonds is 8. The lowest BCUT2D eigenvalue weighted by Crippen LogP contribution is -2.46. The maximum absolute atomic E-state index is 4.98. The highest BCUT2D eigenvalue weighted by Crippen LogP contribution is 1.96. The molecule has 0 saturated heterocycles. The molecule has 1 unspecified atom stereocenters. The number of ether oxygens (including phenoxy) is 1. The first-order valence-corrected chi connectivity index (χ1v) is 6.37. The van der Waals surface area contributed by atoms with Gasteiger partial charge in [-0.05, 0) is 20.0 Å². The van der Waals surface area contributed by atoms with E-state index in [1.807, 2.05) is 0 Å². The Kier molecular flexibility index (Phi) is 15.0. The van der Waals surface area contributed by atoms with Gasteiger partial charge in [0.25, 0.3) is 0 Å². The Morgan fingerprint density at radius 2 is 1.89 bits per heavy atom. The number of hydrogen-bond acceptors (Lipinski definition) is 3. The maximum Gasteiger partial charge on any atom is 0.191 e. The van der Waals surface area contributed by atoms with E-state index in [9.17, 15) is 0 Å². The highest BCUT2D eigenvalue weighted by molar-refractivity contribution is 14.0. The Balaban J connectivity index is 0.